The van der Waals surface area contributed by atoms with E-state index < -0.39 is 169 Å². The van der Waals surface area contributed by atoms with Crippen molar-refractivity contribution in [3.05, 3.63) is 207 Å². The number of hydrogen-bond acceptors (Lipinski definition) is 0. The van der Waals surface area contributed by atoms with Crippen molar-refractivity contribution >= 4 is 51.5 Å². The molecule has 0 aliphatic carbocycles. The normalized spacial score (nSPS) is 11.8. The Morgan fingerprint density at radius 1 is 0.206 bits per heavy atom. The van der Waals surface area contributed by atoms with E-state index in [1.54, 1.807) is 0 Å². The molecule has 68 heavy (non-hydrogen) atoms. The third kappa shape index (κ3) is 7.76. The molecule has 0 spiro atoms. The molecule has 0 atom stereocenters. The summed E-state index contributed by atoms with van der Waals surface area (Å²) in [5.74, 6) is -72.8. The average Bonchev–Trinajstić information content (AvgIpc) is 3.32. The van der Waals surface area contributed by atoms with E-state index in [1.165, 1.54) is 72.8 Å². The van der Waals surface area contributed by atoms with E-state index >= 15 is 39.3 Å². The van der Waals surface area contributed by atoms with Crippen LogP contribution in [0.5, 0.6) is 0 Å². The summed E-state index contributed by atoms with van der Waals surface area (Å²) in [6.07, 6.45) is -7.22. The van der Waals surface area contributed by atoms with Gasteiger partial charge in [-0.15, -0.1) is 21.9 Å². The highest BCUT2D eigenvalue weighted by atomic mass is 31.2. The molecule has 0 aliphatic rings. The minimum absolute atomic E-state index is 0.289. The summed E-state index contributed by atoms with van der Waals surface area (Å²) in [5, 5.41) is 0.867. The Hall–Kier alpha value is -6.65. The molecular weight excluding hydrogens is 1000 g/mol. The largest absolute Gasteiger partial charge is 0.298 e. The van der Waals surface area contributed by atoms with Gasteiger partial charge in [-0.1, -0.05) is 0 Å². The molecule has 0 bridgehead atoms. The van der Waals surface area contributed by atoms with Gasteiger partial charge in [0.25, 0.3) is 7.57 Å². The van der Waals surface area contributed by atoms with Gasteiger partial charge in [0.1, 0.15) is 86.0 Å². The van der Waals surface area contributed by atoms with E-state index in [0.717, 1.165) is 0 Å². The zero-order valence-electron chi connectivity index (χ0n) is 32.0. The van der Waals surface area contributed by atoms with Crippen LogP contribution in [-0.2, 0) is 0 Å². The SMILES string of the molecule is Fc1c(F)c(F)c([B-](c2c(F)c(F)c(F)c(F)c2F)(c2c(F)c(F)c(F)c(F)c2F)c2c(F)c(F)c(F)c(F)c2F)c(F)c1F.Fc1ccc([P+](F)(c2ccc(F)cc2)c2ccc(F)cc2)cc1. The lowest BCUT2D eigenvalue weighted by molar-refractivity contribution is 0.378. The summed E-state index contributed by atoms with van der Waals surface area (Å²) in [4.78, 5) is 0. The molecule has 0 radical (unpaired) electrons. The predicted molar refractivity (Wildman–Crippen MR) is 195 cm³/mol. The fraction of sp³-hybridized carbons (Fsp3) is 0. The lowest BCUT2D eigenvalue weighted by Crippen LogP contribution is -2.81. The fourth-order valence-corrected chi connectivity index (χ4v) is 9.84. The van der Waals surface area contributed by atoms with Crippen molar-refractivity contribution in [1.29, 1.82) is 0 Å². The molecule has 0 unspecified atom stereocenters. The third-order valence-corrected chi connectivity index (χ3v) is 13.3. The molecule has 0 amide bonds. The van der Waals surface area contributed by atoms with Crippen molar-refractivity contribution in [3.63, 3.8) is 0 Å². The molecule has 356 valence electrons. The molecular formula is C42H12BF24P. The summed E-state index contributed by atoms with van der Waals surface area (Å²) >= 11 is 0. The topological polar surface area (TPSA) is 0 Å². The number of rotatable bonds is 7. The van der Waals surface area contributed by atoms with E-state index in [-0.39, 0.29) is 15.9 Å². The van der Waals surface area contributed by atoms with Crippen molar-refractivity contribution in [3.8, 4) is 0 Å². The first-order valence-electron chi connectivity index (χ1n) is 17.8. The first-order chi connectivity index (χ1) is 31.7. The Morgan fingerprint density at radius 2 is 0.338 bits per heavy atom. The van der Waals surface area contributed by atoms with Crippen LogP contribution < -0.4 is 37.8 Å². The Labute approximate surface area is 363 Å². The van der Waals surface area contributed by atoms with Gasteiger partial charge >= 0.3 is 0 Å². The second-order valence-electron chi connectivity index (χ2n) is 13.8. The first-order valence-corrected chi connectivity index (χ1v) is 19.5. The molecule has 0 aromatic heterocycles. The third-order valence-electron chi connectivity index (χ3n) is 10.3. The van der Waals surface area contributed by atoms with Crippen molar-refractivity contribution in [2.24, 2.45) is 0 Å². The first kappa shape index (κ1) is 50.8. The van der Waals surface area contributed by atoms with Crippen LogP contribution in [0.2, 0.25) is 0 Å². The lowest BCUT2D eigenvalue weighted by atomic mass is 9.12. The van der Waals surface area contributed by atoms with Gasteiger partial charge in [-0.05, 0) is 77.0 Å². The Kier molecular flexibility index (Phi) is 13.8. The van der Waals surface area contributed by atoms with Crippen molar-refractivity contribution in [1.82, 2.24) is 0 Å². The molecule has 0 aliphatic heterocycles. The Morgan fingerprint density at radius 3 is 0.485 bits per heavy atom. The van der Waals surface area contributed by atoms with Gasteiger partial charge < -0.3 is 0 Å². The van der Waals surface area contributed by atoms with Crippen LogP contribution in [0, 0.1) is 134 Å². The van der Waals surface area contributed by atoms with Gasteiger partial charge in [-0.3, -0.25) is 0 Å². The van der Waals surface area contributed by atoms with Gasteiger partial charge in [-0.25, -0.2) is 101 Å². The van der Waals surface area contributed by atoms with Crippen LogP contribution >= 0.6 is 7.57 Å². The zero-order valence-corrected chi connectivity index (χ0v) is 32.9. The van der Waals surface area contributed by atoms with Crippen LogP contribution in [0.3, 0.4) is 0 Å². The summed E-state index contributed by atoms with van der Waals surface area (Å²) in [6.45, 7) is 0. The van der Waals surface area contributed by atoms with Crippen molar-refractivity contribution in [2.45, 2.75) is 0 Å². The molecule has 7 rings (SSSR count). The van der Waals surface area contributed by atoms with Gasteiger partial charge in [0.2, 0.25) is 0 Å². The van der Waals surface area contributed by atoms with Gasteiger partial charge in [-0.2, -0.15) is 0 Å². The Bertz CT molecular complexity index is 2650. The summed E-state index contributed by atoms with van der Waals surface area (Å²) in [7, 11) is -3.59. The smallest absolute Gasteiger partial charge is 0.207 e. The minimum Gasteiger partial charge on any atom is -0.207 e. The quantitative estimate of drug-likeness (QED) is 0.0491. The summed E-state index contributed by atoms with van der Waals surface area (Å²) in [5.41, 5.74) is -14.3. The predicted octanol–water partition coefficient (Wildman–Crippen LogP) is 10.1. The van der Waals surface area contributed by atoms with E-state index in [0.29, 0.717) is 0 Å². The van der Waals surface area contributed by atoms with Crippen LogP contribution in [0.4, 0.5) is 105 Å². The fourth-order valence-electron chi connectivity index (χ4n) is 7.26. The van der Waals surface area contributed by atoms with Crippen LogP contribution in [0.15, 0.2) is 72.8 Å². The molecule has 0 N–H and O–H groups in total. The highest BCUT2D eigenvalue weighted by molar-refractivity contribution is 7.91. The van der Waals surface area contributed by atoms with Crippen LogP contribution in [0.1, 0.15) is 0 Å². The summed E-state index contributed by atoms with van der Waals surface area (Å²) < 4.78 is 350. The molecule has 7 aromatic carbocycles. The maximum absolute atomic E-state index is 16.1. The van der Waals surface area contributed by atoms with E-state index in [1.807, 2.05) is 0 Å². The maximum atomic E-state index is 16.1. The van der Waals surface area contributed by atoms with E-state index in [4.69, 9.17) is 0 Å². The van der Waals surface area contributed by atoms with Gasteiger partial charge in [0, 0.05) is 0 Å². The van der Waals surface area contributed by atoms with Gasteiger partial charge in [0.15, 0.2) is 69.8 Å². The second kappa shape index (κ2) is 18.4. The molecule has 26 heteroatoms. The molecule has 0 saturated heterocycles. The highest BCUT2D eigenvalue weighted by Gasteiger charge is 2.53. The molecule has 0 saturated carbocycles. The molecule has 0 fully saturated rings. The average molecular weight is 1010 g/mol. The van der Waals surface area contributed by atoms with Crippen LogP contribution in [-0.4, -0.2) is 6.15 Å². The van der Waals surface area contributed by atoms with Crippen LogP contribution in [0.25, 0.3) is 0 Å². The monoisotopic (exact) mass is 1010 g/mol. The molecule has 0 nitrogen and oxygen atoms in total. The second-order valence-corrected chi connectivity index (χ2v) is 16.5. The number of halogens is 24. The summed E-state index contributed by atoms with van der Waals surface area (Å²) in [6, 6.07) is 15.3. The molecule has 0 heterocycles. The number of benzene rings is 7. The highest BCUT2D eigenvalue weighted by Crippen LogP contribution is 2.57. The number of hydrogen-bond donors (Lipinski definition) is 0. The standard InChI is InChI=1S/C24BF20.C18H12F4P/c26-5-1(6(27)14(35)21(42)13(5)34)25(2-7(28)15(36)22(43)16(37)8(2)29,3-9(30)17(38)23(44)18(39)10(3)31)4-11(32)19(40)24(45)20(41)12(4)33;19-13-1-7-16(8-2-13)23(22,17-9-3-14(20)4-10-17)18-11-5-15(21)6-12-18/h;1-12H/q-1;+1. The van der Waals surface area contributed by atoms with Crippen molar-refractivity contribution < 1.29 is 105 Å². The lowest BCUT2D eigenvalue weighted by Gasteiger charge is -2.44. The minimum atomic E-state index is -7.22. The Balaban J connectivity index is 0.000000276. The van der Waals surface area contributed by atoms with E-state index in [9.17, 15) is 65.9 Å². The maximum Gasteiger partial charge on any atom is 0.298 e. The van der Waals surface area contributed by atoms with Gasteiger partial charge in [0.05, 0.1) is 0 Å². The van der Waals surface area contributed by atoms with E-state index in [2.05, 4.69) is 0 Å². The van der Waals surface area contributed by atoms with Crippen molar-refractivity contribution in [2.75, 3.05) is 0 Å². The zero-order chi connectivity index (χ0) is 50.8. The molecule has 7 aromatic rings.